The molecule has 0 aliphatic heterocycles. The van der Waals surface area contributed by atoms with E-state index in [0.29, 0.717) is 12.8 Å². The number of nitrogens with zero attached hydrogens (tertiary/aromatic N) is 1. The number of esters is 1. The fourth-order valence-corrected chi connectivity index (χ4v) is 4.14. The molecule has 1 N–H and O–H groups in total. The molecule has 0 saturated heterocycles. The van der Waals surface area contributed by atoms with Crippen LogP contribution in [0, 0.1) is 0 Å². The van der Waals surface area contributed by atoms with Gasteiger partial charge < -0.3 is 14.6 Å². The van der Waals surface area contributed by atoms with Crippen LogP contribution in [0.4, 0.5) is 0 Å². The van der Waals surface area contributed by atoms with Gasteiger partial charge in [0.15, 0.2) is 0 Å². The normalized spacial score (nSPS) is 14.7. The minimum absolute atomic E-state index is 0.176. The Hall–Kier alpha value is -3.08. The monoisotopic (exact) mass is 362 g/mol. The maximum atomic E-state index is 12.9. The predicted octanol–water partition coefficient (Wildman–Crippen LogP) is 2.55. The average Bonchev–Trinajstić information content (AvgIpc) is 3.19. The molecule has 0 unspecified atom stereocenters. The van der Waals surface area contributed by atoms with Gasteiger partial charge in [-0.05, 0) is 22.8 Å². The van der Waals surface area contributed by atoms with Crippen molar-refractivity contribution in [1.29, 1.82) is 0 Å². The number of hydrogen-bond donors (Lipinski definition) is 1. The maximum absolute atomic E-state index is 12.9. The zero-order chi connectivity index (χ0) is 19.0. The Morgan fingerprint density at radius 2 is 1.70 bits per heavy atom. The van der Waals surface area contributed by atoms with Crippen molar-refractivity contribution >= 4 is 22.8 Å². The van der Waals surface area contributed by atoms with Crippen LogP contribution in [0.5, 0.6) is 0 Å². The van der Waals surface area contributed by atoms with Gasteiger partial charge in [0.05, 0.1) is 13.5 Å². The van der Waals surface area contributed by atoms with E-state index in [0.717, 1.165) is 27.6 Å². The number of methoxy groups -OCH3 is 1. The molecule has 138 valence electrons. The number of carbonyl (C=O) groups is 2. The Morgan fingerprint density at radius 1 is 1.07 bits per heavy atom. The number of aryl methyl sites for hydroxylation is 1. The van der Waals surface area contributed by atoms with Crippen LogP contribution in [-0.4, -0.2) is 29.1 Å². The highest BCUT2D eigenvalue weighted by Crippen LogP contribution is 2.31. The second-order valence-corrected chi connectivity index (χ2v) is 7.20. The quantitative estimate of drug-likeness (QED) is 0.726. The third-order valence-electron chi connectivity index (χ3n) is 5.39. The number of carbonyl (C=O) groups excluding carboxylic acids is 2. The Balaban J connectivity index is 1.59. The van der Waals surface area contributed by atoms with Crippen LogP contribution in [-0.2, 0) is 40.6 Å². The van der Waals surface area contributed by atoms with Gasteiger partial charge in [-0.15, -0.1) is 0 Å². The number of rotatable bonds is 4. The highest BCUT2D eigenvalue weighted by Gasteiger charge is 2.46. The van der Waals surface area contributed by atoms with Gasteiger partial charge in [0, 0.05) is 37.0 Å². The summed E-state index contributed by atoms with van der Waals surface area (Å²) in [6.45, 7) is 0. The molecule has 27 heavy (non-hydrogen) atoms. The molecule has 1 aliphatic carbocycles. The van der Waals surface area contributed by atoms with E-state index in [1.54, 1.807) is 0 Å². The second-order valence-electron chi connectivity index (χ2n) is 7.20. The fourth-order valence-electron chi connectivity index (χ4n) is 4.14. The lowest BCUT2D eigenvalue weighted by Crippen LogP contribution is -2.56. The molecule has 0 fully saturated rings. The minimum atomic E-state index is -1.03. The first-order valence-electron chi connectivity index (χ1n) is 9.01. The molecule has 1 amide bonds. The molecule has 0 atom stereocenters. The van der Waals surface area contributed by atoms with Crippen molar-refractivity contribution in [3.05, 3.63) is 71.4 Å². The zero-order valence-electron chi connectivity index (χ0n) is 15.5. The van der Waals surface area contributed by atoms with Crippen LogP contribution in [0.3, 0.4) is 0 Å². The van der Waals surface area contributed by atoms with Crippen LogP contribution in [0.15, 0.2) is 54.7 Å². The van der Waals surface area contributed by atoms with Crippen molar-refractivity contribution in [3.8, 4) is 0 Å². The molecule has 3 aromatic rings. The molecule has 0 spiro atoms. The highest BCUT2D eigenvalue weighted by molar-refractivity contribution is 5.93. The SMILES string of the molecule is COC(=O)C1(NC(=O)Cc2cn(C)c3ccccc23)Cc2ccccc2C1. The summed E-state index contributed by atoms with van der Waals surface area (Å²) in [7, 11) is 3.33. The van der Waals surface area contributed by atoms with Crippen molar-refractivity contribution in [1.82, 2.24) is 9.88 Å². The standard InChI is InChI=1S/C22H22N2O3/c1-24-14-17(18-9-5-6-10-19(18)24)11-20(25)23-22(21(26)27-2)12-15-7-3-4-8-16(15)13-22/h3-10,14H,11-13H2,1-2H3,(H,23,25). The van der Waals surface area contributed by atoms with Gasteiger partial charge in [0.2, 0.25) is 5.91 Å². The van der Waals surface area contributed by atoms with Gasteiger partial charge in [-0.3, -0.25) is 4.79 Å². The number of nitrogens with one attached hydrogen (secondary N) is 1. The third kappa shape index (κ3) is 2.99. The molecule has 5 nitrogen and oxygen atoms in total. The van der Waals surface area contributed by atoms with Crippen molar-refractivity contribution in [2.75, 3.05) is 7.11 Å². The van der Waals surface area contributed by atoms with E-state index in [4.69, 9.17) is 4.74 Å². The average molecular weight is 362 g/mol. The number of ether oxygens (including phenoxy) is 1. The molecule has 0 radical (unpaired) electrons. The lowest BCUT2D eigenvalue weighted by atomic mass is 9.95. The zero-order valence-corrected chi connectivity index (χ0v) is 15.5. The predicted molar refractivity (Wildman–Crippen MR) is 103 cm³/mol. The summed E-state index contributed by atoms with van der Waals surface area (Å²) in [6, 6.07) is 15.9. The first-order valence-corrected chi connectivity index (χ1v) is 9.01. The Kier molecular flexibility index (Phi) is 4.22. The van der Waals surface area contributed by atoms with Crippen LogP contribution < -0.4 is 5.32 Å². The number of benzene rings is 2. The smallest absolute Gasteiger partial charge is 0.332 e. The minimum Gasteiger partial charge on any atom is -0.467 e. The van der Waals surface area contributed by atoms with Gasteiger partial charge in [-0.1, -0.05) is 42.5 Å². The van der Waals surface area contributed by atoms with E-state index >= 15 is 0 Å². The van der Waals surface area contributed by atoms with Crippen LogP contribution in [0.25, 0.3) is 10.9 Å². The van der Waals surface area contributed by atoms with Crippen LogP contribution in [0.2, 0.25) is 0 Å². The molecule has 1 heterocycles. The summed E-state index contributed by atoms with van der Waals surface area (Å²) in [6.07, 6.45) is 3.10. The summed E-state index contributed by atoms with van der Waals surface area (Å²) in [5, 5.41) is 4.04. The van der Waals surface area contributed by atoms with Crippen LogP contribution in [0.1, 0.15) is 16.7 Å². The molecule has 4 rings (SSSR count). The second kappa shape index (κ2) is 6.58. The molecular formula is C22H22N2O3. The van der Waals surface area contributed by atoms with Crippen molar-refractivity contribution in [3.63, 3.8) is 0 Å². The van der Waals surface area contributed by atoms with E-state index in [-0.39, 0.29) is 12.3 Å². The molecule has 0 bridgehead atoms. The van der Waals surface area contributed by atoms with E-state index < -0.39 is 11.5 Å². The summed E-state index contributed by atoms with van der Waals surface area (Å²) >= 11 is 0. The number of fused-ring (bicyclic) bond motifs is 2. The fraction of sp³-hybridized carbons (Fsp3) is 0.273. The number of amides is 1. The molecule has 0 saturated carbocycles. The summed E-state index contributed by atoms with van der Waals surface area (Å²) < 4.78 is 7.05. The third-order valence-corrected chi connectivity index (χ3v) is 5.39. The number of hydrogen-bond acceptors (Lipinski definition) is 3. The summed E-state index contributed by atoms with van der Waals surface area (Å²) in [5.41, 5.74) is 3.15. The molecule has 1 aromatic heterocycles. The molecular weight excluding hydrogens is 340 g/mol. The Bertz CT molecular complexity index is 1010. The largest absolute Gasteiger partial charge is 0.467 e. The van der Waals surface area contributed by atoms with Gasteiger partial charge in [-0.25, -0.2) is 4.79 Å². The topological polar surface area (TPSA) is 60.3 Å². The highest BCUT2D eigenvalue weighted by atomic mass is 16.5. The molecule has 1 aliphatic rings. The Labute approximate surface area is 157 Å². The number of aromatic nitrogens is 1. The van der Waals surface area contributed by atoms with Crippen molar-refractivity contribution < 1.29 is 14.3 Å². The van der Waals surface area contributed by atoms with E-state index in [1.165, 1.54) is 7.11 Å². The maximum Gasteiger partial charge on any atom is 0.332 e. The van der Waals surface area contributed by atoms with Gasteiger partial charge in [0.1, 0.15) is 5.54 Å². The molecule has 2 aromatic carbocycles. The summed E-state index contributed by atoms with van der Waals surface area (Å²) in [5.74, 6) is -0.575. The van der Waals surface area contributed by atoms with Crippen molar-refractivity contribution in [2.45, 2.75) is 24.8 Å². The Morgan fingerprint density at radius 3 is 2.37 bits per heavy atom. The van der Waals surface area contributed by atoms with E-state index in [9.17, 15) is 9.59 Å². The first-order chi connectivity index (χ1) is 13.0. The number of para-hydroxylation sites is 1. The first kappa shape index (κ1) is 17.3. The van der Waals surface area contributed by atoms with Gasteiger partial charge in [0.25, 0.3) is 0 Å². The molecule has 5 heteroatoms. The lowest BCUT2D eigenvalue weighted by Gasteiger charge is -2.27. The van der Waals surface area contributed by atoms with E-state index in [2.05, 4.69) is 5.32 Å². The van der Waals surface area contributed by atoms with Gasteiger partial charge >= 0.3 is 5.97 Å². The van der Waals surface area contributed by atoms with Gasteiger partial charge in [-0.2, -0.15) is 0 Å². The van der Waals surface area contributed by atoms with E-state index in [1.807, 2.05) is 66.3 Å². The summed E-state index contributed by atoms with van der Waals surface area (Å²) in [4.78, 5) is 25.4. The lowest BCUT2D eigenvalue weighted by molar-refractivity contribution is -0.150. The van der Waals surface area contributed by atoms with Crippen LogP contribution >= 0.6 is 0 Å². The van der Waals surface area contributed by atoms with Crippen molar-refractivity contribution in [2.24, 2.45) is 7.05 Å².